The number of ether oxygens (including phenoxy) is 2. The monoisotopic (exact) mass is 454 g/mol. The molecule has 1 aliphatic heterocycles. The summed E-state index contributed by atoms with van der Waals surface area (Å²) in [6.07, 6.45) is 0.798. The highest BCUT2D eigenvalue weighted by Crippen LogP contribution is 2.40. The van der Waals surface area contributed by atoms with E-state index in [-0.39, 0.29) is 23.8 Å². The van der Waals surface area contributed by atoms with E-state index < -0.39 is 0 Å². The summed E-state index contributed by atoms with van der Waals surface area (Å²) in [6, 6.07) is 14.1. The maximum Gasteiger partial charge on any atom is 0.261 e. The third kappa shape index (κ3) is 4.49. The van der Waals surface area contributed by atoms with Gasteiger partial charge >= 0.3 is 0 Å². The van der Waals surface area contributed by atoms with Crippen LogP contribution in [-0.4, -0.2) is 37.6 Å². The van der Waals surface area contributed by atoms with Crippen LogP contribution in [0.4, 0.5) is 4.39 Å². The Morgan fingerprint density at radius 2 is 1.94 bits per heavy atom. The number of amides is 1. The summed E-state index contributed by atoms with van der Waals surface area (Å²) in [6.45, 7) is 3.18. The topological polar surface area (TPSA) is 50.8 Å². The molecular formula is C25H27FN2O3S. The first kappa shape index (κ1) is 22.3. The Balaban J connectivity index is 1.70. The molecule has 0 aliphatic carbocycles. The van der Waals surface area contributed by atoms with Crippen molar-refractivity contribution < 1.29 is 18.7 Å². The number of halogens is 1. The first-order chi connectivity index (χ1) is 15.5. The number of rotatable bonds is 7. The fourth-order valence-electron chi connectivity index (χ4n) is 4.40. The zero-order valence-corrected chi connectivity index (χ0v) is 19.2. The molecule has 7 heteroatoms. The molecule has 0 saturated carbocycles. The summed E-state index contributed by atoms with van der Waals surface area (Å²) in [7, 11) is 3.24. The standard InChI is InChI=1S/C25H27FN2O3S/c1-16(27-25(29)23-9-6-12-32-23)24-19-14-22(31-3)21(30-2)13-17(19)10-11-28(24)15-18-7-4-5-8-20(18)26/h4-9,12-14,16,24H,10-11,15H2,1-3H3,(H,27,29)/t16-,24-/m0/s1. The number of thiophene rings is 1. The summed E-state index contributed by atoms with van der Waals surface area (Å²) in [4.78, 5) is 15.7. The van der Waals surface area contributed by atoms with Crippen LogP contribution < -0.4 is 14.8 Å². The molecule has 1 aliphatic rings. The van der Waals surface area contributed by atoms with Gasteiger partial charge in [0.25, 0.3) is 5.91 Å². The molecule has 0 radical (unpaired) electrons. The Morgan fingerprint density at radius 3 is 2.62 bits per heavy atom. The molecule has 0 unspecified atom stereocenters. The van der Waals surface area contributed by atoms with Gasteiger partial charge in [-0.15, -0.1) is 11.3 Å². The van der Waals surface area contributed by atoms with Crippen LogP contribution in [0.3, 0.4) is 0 Å². The molecule has 2 atom stereocenters. The van der Waals surface area contributed by atoms with E-state index in [1.807, 2.05) is 48.7 Å². The summed E-state index contributed by atoms with van der Waals surface area (Å²) < 4.78 is 25.5. The number of nitrogens with zero attached hydrogens (tertiary/aromatic N) is 1. The van der Waals surface area contributed by atoms with Crippen molar-refractivity contribution in [3.63, 3.8) is 0 Å². The molecular weight excluding hydrogens is 427 g/mol. The average molecular weight is 455 g/mol. The molecule has 0 saturated heterocycles. The van der Waals surface area contributed by atoms with Crippen molar-refractivity contribution in [2.24, 2.45) is 0 Å². The van der Waals surface area contributed by atoms with Crippen molar-refractivity contribution in [1.82, 2.24) is 10.2 Å². The Kier molecular flexibility index (Phi) is 6.77. The molecule has 0 bridgehead atoms. The van der Waals surface area contributed by atoms with Crippen LogP contribution in [0.25, 0.3) is 0 Å². The first-order valence-electron chi connectivity index (χ1n) is 10.6. The van der Waals surface area contributed by atoms with Gasteiger partial charge < -0.3 is 14.8 Å². The van der Waals surface area contributed by atoms with Crippen molar-refractivity contribution in [2.75, 3.05) is 20.8 Å². The van der Waals surface area contributed by atoms with Gasteiger partial charge in [0.2, 0.25) is 0 Å². The van der Waals surface area contributed by atoms with Crippen molar-refractivity contribution >= 4 is 17.2 Å². The fourth-order valence-corrected chi connectivity index (χ4v) is 5.03. The van der Waals surface area contributed by atoms with Gasteiger partial charge in [0, 0.05) is 24.7 Å². The van der Waals surface area contributed by atoms with E-state index in [4.69, 9.17) is 9.47 Å². The van der Waals surface area contributed by atoms with Gasteiger partial charge in [0.15, 0.2) is 11.5 Å². The molecule has 1 amide bonds. The smallest absolute Gasteiger partial charge is 0.261 e. The highest BCUT2D eigenvalue weighted by molar-refractivity contribution is 7.12. The van der Waals surface area contributed by atoms with Gasteiger partial charge in [-0.25, -0.2) is 4.39 Å². The molecule has 4 rings (SSSR count). The molecule has 2 aromatic carbocycles. The largest absolute Gasteiger partial charge is 0.493 e. The molecule has 2 heterocycles. The second-order valence-corrected chi connectivity index (χ2v) is 8.85. The molecule has 1 aromatic heterocycles. The summed E-state index contributed by atoms with van der Waals surface area (Å²) >= 11 is 1.41. The predicted molar refractivity (Wildman–Crippen MR) is 124 cm³/mol. The molecule has 0 fully saturated rings. The zero-order chi connectivity index (χ0) is 22.7. The lowest BCUT2D eigenvalue weighted by Crippen LogP contribution is -2.47. The highest BCUT2D eigenvalue weighted by Gasteiger charge is 2.34. The van der Waals surface area contributed by atoms with Gasteiger partial charge in [0.05, 0.1) is 25.1 Å². The van der Waals surface area contributed by atoms with E-state index in [1.165, 1.54) is 17.4 Å². The van der Waals surface area contributed by atoms with E-state index >= 15 is 0 Å². The van der Waals surface area contributed by atoms with E-state index in [0.29, 0.717) is 28.5 Å². The normalized spacial score (nSPS) is 16.8. The second kappa shape index (κ2) is 9.71. The first-order valence-corrected chi connectivity index (χ1v) is 11.5. The minimum atomic E-state index is -0.223. The summed E-state index contributed by atoms with van der Waals surface area (Å²) in [5.41, 5.74) is 2.84. The number of carbonyl (C=O) groups excluding carboxylic acids is 1. The third-order valence-electron chi connectivity index (χ3n) is 5.93. The van der Waals surface area contributed by atoms with E-state index in [1.54, 1.807) is 20.3 Å². The molecule has 3 aromatic rings. The fraction of sp³-hybridized carbons (Fsp3) is 0.320. The molecule has 1 N–H and O–H groups in total. The Hall–Kier alpha value is -2.90. The number of nitrogens with one attached hydrogen (secondary N) is 1. The number of benzene rings is 2. The number of methoxy groups -OCH3 is 2. The lowest BCUT2D eigenvalue weighted by Gasteiger charge is -2.41. The van der Waals surface area contributed by atoms with Gasteiger partial charge in [-0.3, -0.25) is 9.69 Å². The van der Waals surface area contributed by atoms with Crippen LogP contribution in [0.15, 0.2) is 53.9 Å². The number of hydrogen-bond acceptors (Lipinski definition) is 5. The van der Waals surface area contributed by atoms with Crippen molar-refractivity contribution in [1.29, 1.82) is 0 Å². The molecule has 0 spiro atoms. The van der Waals surface area contributed by atoms with Gasteiger partial charge in [0.1, 0.15) is 5.82 Å². The van der Waals surface area contributed by atoms with Crippen molar-refractivity contribution in [3.05, 3.63) is 81.3 Å². The minimum absolute atomic E-state index is 0.106. The number of hydrogen-bond donors (Lipinski definition) is 1. The number of carbonyl (C=O) groups is 1. The van der Waals surface area contributed by atoms with Crippen LogP contribution in [-0.2, 0) is 13.0 Å². The van der Waals surface area contributed by atoms with Crippen LogP contribution in [0.1, 0.15) is 39.3 Å². The van der Waals surface area contributed by atoms with Crippen molar-refractivity contribution in [2.45, 2.75) is 32.0 Å². The van der Waals surface area contributed by atoms with Gasteiger partial charge in [-0.05, 0) is 54.1 Å². The summed E-state index contributed by atoms with van der Waals surface area (Å²) in [5, 5.41) is 5.04. The quantitative estimate of drug-likeness (QED) is 0.556. The molecule has 168 valence electrons. The maximum atomic E-state index is 14.5. The SMILES string of the molecule is COc1cc2c(cc1OC)[C@H]([C@H](C)NC(=O)c1cccs1)N(Cc1ccccc1F)CC2. The summed E-state index contributed by atoms with van der Waals surface area (Å²) in [5.74, 6) is 0.995. The Labute approximate surface area is 191 Å². The van der Waals surface area contributed by atoms with Crippen LogP contribution >= 0.6 is 11.3 Å². The van der Waals surface area contributed by atoms with E-state index in [0.717, 1.165) is 24.1 Å². The van der Waals surface area contributed by atoms with Gasteiger partial charge in [-0.2, -0.15) is 0 Å². The Morgan fingerprint density at radius 1 is 1.19 bits per heavy atom. The highest BCUT2D eigenvalue weighted by atomic mass is 32.1. The van der Waals surface area contributed by atoms with Gasteiger partial charge in [-0.1, -0.05) is 24.3 Å². The zero-order valence-electron chi connectivity index (χ0n) is 18.4. The van der Waals surface area contributed by atoms with Crippen molar-refractivity contribution in [3.8, 4) is 11.5 Å². The lowest BCUT2D eigenvalue weighted by molar-refractivity contribution is 0.0879. The average Bonchev–Trinajstić information content (AvgIpc) is 3.34. The van der Waals surface area contributed by atoms with E-state index in [9.17, 15) is 9.18 Å². The third-order valence-corrected chi connectivity index (χ3v) is 6.80. The van der Waals surface area contributed by atoms with Crippen LogP contribution in [0, 0.1) is 5.82 Å². The molecule has 5 nitrogen and oxygen atoms in total. The van der Waals surface area contributed by atoms with Crippen LogP contribution in [0.2, 0.25) is 0 Å². The number of fused-ring (bicyclic) bond motifs is 1. The lowest BCUT2D eigenvalue weighted by atomic mass is 9.87. The molecule has 32 heavy (non-hydrogen) atoms. The maximum absolute atomic E-state index is 14.5. The van der Waals surface area contributed by atoms with E-state index in [2.05, 4.69) is 10.2 Å². The predicted octanol–water partition coefficient (Wildman–Crippen LogP) is 4.82. The second-order valence-electron chi connectivity index (χ2n) is 7.90. The Bertz CT molecular complexity index is 1090. The minimum Gasteiger partial charge on any atom is -0.493 e. The van der Waals surface area contributed by atoms with Crippen LogP contribution in [0.5, 0.6) is 11.5 Å².